The Bertz CT molecular complexity index is 548. The average Bonchev–Trinajstić information content (AvgIpc) is 2.85. The van der Waals surface area contributed by atoms with Crippen molar-refractivity contribution in [1.82, 2.24) is 20.5 Å². The predicted molar refractivity (Wildman–Crippen MR) is 67.4 cm³/mol. The molecule has 0 bridgehead atoms. The van der Waals surface area contributed by atoms with Crippen molar-refractivity contribution in [1.29, 1.82) is 0 Å². The minimum atomic E-state index is -0.380. The summed E-state index contributed by atoms with van der Waals surface area (Å²) in [5.41, 5.74) is 0.613. The van der Waals surface area contributed by atoms with Crippen molar-refractivity contribution < 1.29 is 9.21 Å². The molecule has 0 spiro atoms. The fraction of sp³-hybridized carbons (Fsp3) is 0.400. The maximum Gasteiger partial charge on any atom is 0.324 e. The largest absolute Gasteiger partial charge is 0.401 e. The van der Waals surface area contributed by atoms with Gasteiger partial charge in [0.1, 0.15) is 5.69 Å². The maximum atomic E-state index is 11.4. The van der Waals surface area contributed by atoms with Crippen molar-refractivity contribution in [2.75, 3.05) is 5.32 Å². The van der Waals surface area contributed by atoms with E-state index in [0.717, 1.165) is 5.01 Å². The number of aryl methyl sites for hydroxylation is 1. The highest BCUT2D eigenvalue weighted by Crippen LogP contribution is 2.21. The molecule has 0 saturated heterocycles. The van der Waals surface area contributed by atoms with Gasteiger partial charge in [0, 0.05) is 11.4 Å². The summed E-state index contributed by atoms with van der Waals surface area (Å²) in [6.45, 7) is 5.60. The lowest BCUT2D eigenvalue weighted by Gasteiger charge is -2.06. The quantitative estimate of drug-likeness (QED) is 0.887. The Morgan fingerprint density at radius 1 is 1.44 bits per heavy atom. The highest BCUT2D eigenvalue weighted by Gasteiger charge is 2.13. The Kier molecular flexibility index (Phi) is 3.56. The first-order valence-corrected chi connectivity index (χ1v) is 6.26. The van der Waals surface area contributed by atoms with E-state index in [1.807, 2.05) is 26.2 Å². The topological polar surface area (TPSA) is 92.9 Å². The van der Waals surface area contributed by atoms with Crippen molar-refractivity contribution in [3.05, 3.63) is 10.4 Å². The van der Waals surface area contributed by atoms with E-state index in [2.05, 4.69) is 25.8 Å². The van der Waals surface area contributed by atoms with Gasteiger partial charge in [-0.1, -0.05) is 5.10 Å². The summed E-state index contributed by atoms with van der Waals surface area (Å²) in [6, 6.07) is -0.294. The lowest BCUT2D eigenvalue weighted by molar-refractivity contribution is 0.249. The first-order valence-electron chi connectivity index (χ1n) is 5.38. The van der Waals surface area contributed by atoms with Gasteiger partial charge in [0.05, 0.1) is 5.01 Å². The molecule has 2 aromatic rings. The summed E-state index contributed by atoms with van der Waals surface area (Å²) < 4.78 is 5.29. The average molecular weight is 267 g/mol. The lowest BCUT2D eigenvalue weighted by atomic mass is 10.4. The molecule has 2 heterocycles. The number of amides is 2. The Morgan fingerprint density at radius 2 is 2.22 bits per heavy atom. The van der Waals surface area contributed by atoms with Gasteiger partial charge in [0.25, 0.3) is 5.89 Å². The number of rotatable bonds is 3. The molecule has 0 radical (unpaired) electrons. The molecule has 0 aromatic carbocycles. The molecule has 0 saturated carbocycles. The summed E-state index contributed by atoms with van der Waals surface area (Å²) in [4.78, 5) is 15.6. The van der Waals surface area contributed by atoms with Crippen LogP contribution in [0.5, 0.6) is 0 Å². The van der Waals surface area contributed by atoms with Crippen molar-refractivity contribution in [2.24, 2.45) is 0 Å². The fourth-order valence-electron chi connectivity index (χ4n) is 1.23. The maximum absolute atomic E-state index is 11.4. The van der Waals surface area contributed by atoms with Crippen LogP contribution in [0.1, 0.15) is 18.9 Å². The molecule has 0 aliphatic rings. The van der Waals surface area contributed by atoms with Gasteiger partial charge < -0.3 is 9.73 Å². The zero-order valence-electron chi connectivity index (χ0n) is 10.2. The number of urea groups is 1. The van der Waals surface area contributed by atoms with E-state index >= 15 is 0 Å². The molecule has 96 valence electrons. The summed E-state index contributed by atoms with van der Waals surface area (Å²) >= 11 is 1.49. The van der Waals surface area contributed by atoms with E-state index in [0.29, 0.717) is 11.6 Å². The van der Waals surface area contributed by atoms with Crippen molar-refractivity contribution >= 4 is 23.4 Å². The number of aromatic nitrogens is 3. The van der Waals surface area contributed by atoms with Crippen LogP contribution in [0.15, 0.2) is 9.80 Å². The number of anilines is 1. The Hall–Kier alpha value is -1.96. The standard InChI is InChI=1S/C10H13N5O2S/c1-5(2)11-9(16)13-10-15-14-8(17-10)7-4-18-6(3)12-7/h4-5H,1-3H3,(H2,11,13,15,16). The van der Waals surface area contributed by atoms with E-state index in [4.69, 9.17) is 4.42 Å². The van der Waals surface area contributed by atoms with Crippen LogP contribution in [0.2, 0.25) is 0 Å². The Morgan fingerprint density at radius 3 is 2.83 bits per heavy atom. The fourth-order valence-corrected chi connectivity index (χ4v) is 1.82. The zero-order valence-corrected chi connectivity index (χ0v) is 11.0. The molecule has 2 aromatic heterocycles. The van der Waals surface area contributed by atoms with Crippen LogP contribution in [-0.4, -0.2) is 27.3 Å². The second kappa shape index (κ2) is 5.13. The van der Waals surface area contributed by atoms with E-state index in [1.54, 1.807) is 0 Å². The highest BCUT2D eigenvalue weighted by molar-refractivity contribution is 7.09. The van der Waals surface area contributed by atoms with Gasteiger partial charge in [0.15, 0.2) is 0 Å². The third-order valence-electron chi connectivity index (χ3n) is 1.90. The zero-order chi connectivity index (χ0) is 13.1. The third kappa shape index (κ3) is 3.04. The predicted octanol–water partition coefficient (Wildman–Crippen LogP) is 2.03. The first-order chi connectivity index (χ1) is 8.54. The van der Waals surface area contributed by atoms with Gasteiger partial charge in [-0.15, -0.1) is 16.4 Å². The number of thiazole rings is 1. The highest BCUT2D eigenvalue weighted by atomic mass is 32.1. The minimum absolute atomic E-state index is 0.0357. The smallest absolute Gasteiger partial charge is 0.324 e. The second-order valence-electron chi connectivity index (χ2n) is 3.92. The van der Waals surface area contributed by atoms with Gasteiger partial charge in [-0.05, 0) is 20.8 Å². The van der Waals surface area contributed by atoms with E-state index in [-0.39, 0.29) is 18.1 Å². The molecule has 2 N–H and O–H groups in total. The number of nitrogens with zero attached hydrogens (tertiary/aromatic N) is 3. The van der Waals surface area contributed by atoms with Crippen molar-refractivity contribution in [3.63, 3.8) is 0 Å². The van der Waals surface area contributed by atoms with Crippen LogP contribution in [0, 0.1) is 6.92 Å². The SMILES string of the molecule is Cc1nc(-c2nnc(NC(=O)NC(C)C)o2)cs1. The summed E-state index contributed by atoms with van der Waals surface area (Å²) in [6.07, 6.45) is 0. The van der Waals surface area contributed by atoms with Crippen molar-refractivity contribution in [3.8, 4) is 11.6 Å². The Balaban J connectivity index is 2.04. The van der Waals surface area contributed by atoms with E-state index in [9.17, 15) is 4.79 Å². The molecule has 0 aliphatic carbocycles. The number of hydrogen-bond donors (Lipinski definition) is 2. The number of hydrogen-bond acceptors (Lipinski definition) is 6. The van der Waals surface area contributed by atoms with Crippen LogP contribution >= 0.6 is 11.3 Å². The molecule has 0 atom stereocenters. The van der Waals surface area contributed by atoms with Crippen molar-refractivity contribution in [2.45, 2.75) is 26.8 Å². The molecule has 0 fully saturated rings. The molecule has 0 aliphatic heterocycles. The normalized spacial score (nSPS) is 10.7. The van der Waals surface area contributed by atoms with Crippen LogP contribution in [0.3, 0.4) is 0 Å². The summed E-state index contributed by atoms with van der Waals surface area (Å²) in [5, 5.41) is 15.4. The van der Waals surface area contributed by atoms with E-state index in [1.165, 1.54) is 11.3 Å². The van der Waals surface area contributed by atoms with Crippen LogP contribution < -0.4 is 10.6 Å². The monoisotopic (exact) mass is 267 g/mol. The van der Waals surface area contributed by atoms with Gasteiger partial charge in [0.2, 0.25) is 0 Å². The molecule has 7 nitrogen and oxygen atoms in total. The van der Waals surface area contributed by atoms with Gasteiger partial charge in [-0.25, -0.2) is 9.78 Å². The molecular formula is C10H13N5O2S. The van der Waals surface area contributed by atoms with E-state index < -0.39 is 0 Å². The lowest BCUT2D eigenvalue weighted by Crippen LogP contribution is -2.34. The number of nitrogens with one attached hydrogen (secondary N) is 2. The molecule has 2 rings (SSSR count). The molecular weight excluding hydrogens is 254 g/mol. The van der Waals surface area contributed by atoms with Gasteiger partial charge in [-0.3, -0.25) is 5.32 Å². The summed E-state index contributed by atoms with van der Waals surface area (Å²) in [7, 11) is 0. The van der Waals surface area contributed by atoms with Crippen LogP contribution in [0.4, 0.5) is 10.8 Å². The first kappa shape index (κ1) is 12.5. The van der Waals surface area contributed by atoms with Crippen LogP contribution in [0.25, 0.3) is 11.6 Å². The minimum Gasteiger partial charge on any atom is -0.401 e. The van der Waals surface area contributed by atoms with Gasteiger partial charge in [-0.2, -0.15) is 0 Å². The molecule has 18 heavy (non-hydrogen) atoms. The number of carbonyl (C=O) groups excluding carboxylic acids is 1. The molecule has 8 heteroatoms. The van der Waals surface area contributed by atoms with Gasteiger partial charge >= 0.3 is 12.0 Å². The second-order valence-corrected chi connectivity index (χ2v) is 4.98. The molecule has 0 unspecified atom stereocenters. The number of carbonyl (C=O) groups is 1. The third-order valence-corrected chi connectivity index (χ3v) is 2.68. The molecule has 2 amide bonds. The van der Waals surface area contributed by atoms with Crippen LogP contribution in [-0.2, 0) is 0 Å². The summed E-state index contributed by atoms with van der Waals surface area (Å²) in [5.74, 6) is 0.291. The Labute approximate surface area is 108 Å².